The first kappa shape index (κ1) is 24.2. The van der Waals surface area contributed by atoms with Crippen molar-refractivity contribution in [2.24, 2.45) is 0 Å². The zero-order valence-electron chi connectivity index (χ0n) is 19.1. The van der Waals surface area contributed by atoms with Gasteiger partial charge in [-0.15, -0.1) is 17.9 Å². The van der Waals surface area contributed by atoms with E-state index in [9.17, 15) is 13.2 Å². The Kier molecular flexibility index (Phi) is 7.50. The maximum absolute atomic E-state index is 13.5. The molecule has 34 heavy (non-hydrogen) atoms. The molecule has 6 nitrogen and oxygen atoms in total. The van der Waals surface area contributed by atoms with Crippen LogP contribution in [-0.4, -0.2) is 49.8 Å². The summed E-state index contributed by atoms with van der Waals surface area (Å²) in [5, 5.41) is 2.03. The number of hydrogen-bond acceptors (Lipinski definition) is 5. The van der Waals surface area contributed by atoms with Gasteiger partial charge in [-0.2, -0.15) is 4.31 Å². The molecule has 1 aliphatic rings. The quantitative estimate of drug-likeness (QED) is 0.411. The summed E-state index contributed by atoms with van der Waals surface area (Å²) in [5.74, 6) is 0.475. The summed E-state index contributed by atoms with van der Waals surface area (Å²) in [7, 11) is -3.85. The molecule has 0 spiro atoms. The highest BCUT2D eigenvalue weighted by Crippen LogP contribution is 2.34. The number of aryl methyl sites for hydroxylation is 1. The molecule has 8 heteroatoms. The average molecular weight is 497 g/mol. The second-order valence-electron chi connectivity index (χ2n) is 8.18. The molecule has 1 atom stereocenters. The van der Waals surface area contributed by atoms with Crippen LogP contribution < -0.4 is 4.74 Å². The fourth-order valence-corrected chi connectivity index (χ4v) is 6.35. The number of sulfonamides is 1. The van der Waals surface area contributed by atoms with Gasteiger partial charge in [0.2, 0.25) is 15.9 Å². The molecule has 0 fully saturated rings. The maximum Gasteiger partial charge on any atom is 0.243 e. The predicted molar refractivity (Wildman–Crippen MR) is 135 cm³/mol. The van der Waals surface area contributed by atoms with Gasteiger partial charge in [0.1, 0.15) is 12.4 Å². The molecular formula is C26H28N2O4S2. The van der Waals surface area contributed by atoms with Gasteiger partial charge in [0.15, 0.2) is 0 Å². The van der Waals surface area contributed by atoms with Crippen molar-refractivity contribution in [2.45, 2.75) is 24.3 Å². The van der Waals surface area contributed by atoms with Crippen molar-refractivity contribution >= 4 is 27.3 Å². The van der Waals surface area contributed by atoms with E-state index >= 15 is 0 Å². The van der Waals surface area contributed by atoms with Gasteiger partial charge in [-0.25, -0.2) is 8.42 Å². The highest BCUT2D eigenvalue weighted by molar-refractivity contribution is 7.89. The van der Waals surface area contributed by atoms with E-state index in [0.717, 1.165) is 23.3 Å². The first-order chi connectivity index (χ1) is 16.4. The molecule has 178 valence electrons. The fourth-order valence-electron chi connectivity index (χ4n) is 4.06. The lowest BCUT2D eigenvalue weighted by molar-refractivity contribution is -0.135. The Bertz CT molecular complexity index is 1240. The van der Waals surface area contributed by atoms with Gasteiger partial charge < -0.3 is 9.64 Å². The summed E-state index contributed by atoms with van der Waals surface area (Å²) in [6.45, 7) is 6.19. The van der Waals surface area contributed by atoms with E-state index < -0.39 is 10.0 Å². The Balaban J connectivity index is 1.56. The minimum Gasteiger partial charge on any atom is -0.491 e. The number of benzene rings is 2. The van der Waals surface area contributed by atoms with E-state index in [-0.39, 0.29) is 29.9 Å². The molecule has 0 bridgehead atoms. The number of rotatable bonds is 9. The van der Waals surface area contributed by atoms with E-state index in [4.69, 9.17) is 4.74 Å². The van der Waals surface area contributed by atoms with Crippen LogP contribution in [0, 0.1) is 6.92 Å². The molecule has 0 saturated carbocycles. The molecule has 1 aromatic heterocycles. The van der Waals surface area contributed by atoms with Crippen LogP contribution in [0.2, 0.25) is 0 Å². The van der Waals surface area contributed by atoms with Gasteiger partial charge in [0.05, 0.1) is 17.5 Å². The van der Waals surface area contributed by atoms with Crippen LogP contribution in [0.1, 0.15) is 22.0 Å². The van der Waals surface area contributed by atoms with Crippen LogP contribution >= 0.6 is 11.3 Å². The van der Waals surface area contributed by atoms with Crippen molar-refractivity contribution in [2.75, 3.05) is 26.2 Å². The van der Waals surface area contributed by atoms with Crippen LogP contribution in [-0.2, 0) is 21.2 Å². The lowest BCUT2D eigenvalue weighted by Gasteiger charge is -2.36. The van der Waals surface area contributed by atoms with Crippen molar-refractivity contribution in [3.05, 3.63) is 94.7 Å². The third kappa shape index (κ3) is 5.24. The van der Waals surface area contributed by atoms with Crippen molar-refractivity contribution in [1.29, 1.82) is 0 Å². The number of nitrogens with zero attached hydrogens (tertiary/aromatic N) is 2. The van der Waals surface area contributed by atoms with Gasteiger partial charge in [-0.05, 0) is 54.6 Å². The molecule has 1 aliphatic heterocycles. The first-order valence-electron chi connectivity index (χ1n) is 11.1. The molecule has 3 aromatic rings. The SMILES string of the molecule is C=CCN(CC(=O)N1CCc2sccc2[C@@H]1COc1ccccc1)S(=O)(=O)c1ccc(C)cc1. The standard InChI is InChI=1S/C26H28N2O4S2/c1-3-15-27(34(30,31)22-11-9-20(2)10-12-22)18-26(29)28-16-13-25-23(14-17-33-25)24(28)19-32-21-7-5-4-6-8-21/h3-12,14,17,24H,1,13,15-16,18-19H2,2H3/t24-/m0/s1. The molecule has 2 heterocycles. The summed E-state index contributed by atoms with van der Waals surface area (Å²) >= 11 is 1.68. The predicted octanol–water partition coefficient (Wildman–Crippen LogP) is 4.44. The van der Waals surface area contributed by atoms with Crippen LogP contribution in [0.25, 0.3) is 0 Å². The van der Waals surface area contributed by atoms with Gasteiger partial charge in [0.25, 0.3) is 0 Å². The molecule has 0 N–H and O–H groups in total. The number of ether oxygens (including phenoxy) is 1. The second-order valence-corrected chi connectivity index (χ2v) is 11.1. The van der Waals surface area contributed by atoms with Crippen LogP contribution in [0.5, 0.6) is 5.75 Å². The van der Waals surface area contributed by atoms with E-state index in [1.807, 2.05) is 48.7 Å². The Morgan fingerprint density at radius 1 is 1.18 bits per heavy atom. The first-order valence-corrected chi connectivity index (χ1v) is 13.4. The summed E-state index contributed by atoms with van der Waals surface area (Å²) in [5.41, 5.74) is 2.03. The Morgan fingerprint density at radius 2 is 1.91 bits per heavy atom. The second kappa shape index (κ2) is 10.5. The smallest absolute Gasteiger partial charge is 0.243 e. The fraction of sp³-hybridized carbons (Fsp3) is 0.269. The molecule has 0 radical (unpaired) electrons. The van der Waals surface area contributed by atoms with E-state index in [1.54, 1.807) is 40.5 Å². The van der Waals surface area contributed by atoms with Crippen molar-refractivity contribution < 1.29 is 17.9 Å². The topological polar surface area (TPSA) is 66.9 Å². The van der Waals surface area contributed by atoms with Gasteiger partial charge >= 0.3 is 0 Å². The number of amides is 1. The molecule has 4 rings (SSSR count). The van der Waals surface area contributed by atoms with Gasteiger partial charge in [-0.1, -0.05) is 42.0 Å². The molecular weight excluding hydrogens is 468 g/mol. The summed E-state index contributed by atoms with van der Waals surface area (Å²) in [4.78, 5) is 16.7. The third-order valence-electron chi connectivity index (χ3n) is 5.87. The summed E-state index contributed by atoms with van der Waals surface area (Å²) in [6.07, 6.45) is 2.24. The summed E-state index contributed by atoms with van der Waals surface area (Å²) < 4.78 is 33.8. The summed E-state index contributed by atoms with van der Waals surface area (Å²) in [6, 6.07) is 17.9. The van der Waals surface area contributed by atoms with Crippen LogP contribution in [0.4, 0.5) is 0 Å². The minimum atomic E-state index is -3.85. The van der Waals surface area contributed by atoms with E-state index in [2.05, 4.69) is 6.58 Å². The number of hydrogen-bond donors (Lipinski definition) is 0. The number of thiophene rings is 1. The zero-order chi connectivity index (χ0) is 24.1. The third-order valence-corrected chi connectivity index (χ3v) is 8.69. The number of para-hydroxylation sites is 1. The van der Waals surface area contributed by atoms with E-state index in [0.29, 0.717) is 13.2 Å². The lowest BCUT2D eigenvalue weighted by atomic mass is 10.0. The number of carbonyl (C=O) groups excluding carboxylic acids is 1. The van der Waals surface area contributed by atoms with Crippen LogP contribution in [0.15, 0.2) is 83.6 Å². The number of carbonyl (C=O) groups is 1. The van der Waals surface area contributed by atoms with Crippen LogP contribution in [0.3, 0.4) is 0 Å². The number of fused-ring (bicyclic) bond motifs is 1. The Labute approximate surface area is 205 Å². The van der Waals surface area contributed by atoms with Gasteiger partial charge in [-0.3, -0.25) is 4.79 Å². The largest absolute Gasteiger partial charge is 0.491 e. The monoisotopic (exact) mass is 496 g/mol. The molecule has 1 amide bonds. The van der Waals surface area contributed by atoms with Crippen molar-refractivity contribution in [1.82, 2.24) is 9.21 Å². The Hall–Kier alpha value is -2.94. The molecule has 0 aliphatic carbocycles. The average Bonchev–Trinajstić information content (AvgIpc) is 3.32. The molecule has 2 aromatic carbocycles. The maximum atomic E-state index is 13.5. The highest BCUT2D eigenvalue weighted by Gasteiger charge is 2.35. The van der Waals surface area contributed by atoms with Gasteiger partial charge in [0, 0.05) is 18.0 Å². The highest BCUT2D eigenvalue weighted by atomic mass is 32.2. The van der Waals surface area contributed by atoms with Crippen molar-refractivity contribution in [3.63, 3.8) is 0 Å². The minimum absolute atomic E-state index is 0.0463. The van der Waals surface area contributed by atoms with E-state index in [1.165, 1.54) is 15.3 Å². The zero-order valence-corrected chi connectivity index (χ0v) is 20.7. The van der Waals surface area contributed by atoms with Crippen molar-refractivity contribution in [3.8, 4) is 5.75 Å². The normalized spacial score (nSPS) is 15.7. The molecule has 0 unspecified atom stereocenters. The Morgan fingerprint density at radius 3 is 2.62 bits per heavy atom. The lowest BCUT2D eigenvalue weighted by Crippen LogP contribution is -2.47. The molecule has 0 saturated heterocycles.